The minimum Gasteiger partial charge on any atom is -0.508 e. The SMILES string of the molecule is C=C(C)C(=O)OCCO.C=CCc1ccccc1O. The van der Waals surface area contributed by atoms with E-state index >= 15 is 0 Å². The number of aliphatic hydroxyl groups is 1. The first-order valence-corrected chi connectivity index (χ1v) is 5.84. The van der Waals surface area contributed by atoms with Gasteiger partial charge in [0.2, 0.25) is 0 Å². The average molecular weight is 264 g/mol. The summed E-state index contributed by atoms with van der Waals surface area (Å²) in [4.78, 5) is 10.5. The summed E-state index contributed by atoms with van der Waals surface area (Å²) in [7, 11) is 0. The molecular weight excluding hydrogens is 244 g/mol. The quantitative estimate of drug-likeness (QED) is 0.486. The Hall–Kier alpha value is -2.07. The highest BCUT2D eigenvalue weighted by atomic mass is 16.5. The van der Waals surface area contributed by atoms with Crippen LogP contribution in [0.1, 0.15) is 12.5 Å². The number of benzene rings is 1. The summed E-state index contributed by atoms with van der Waals surface area (Å²) in [5.74, 6) is -0.105. The van der Waals surface area contributed by atoms with E-state index in [2.05, 4.69) is 17.9 Å². The Bertz CT molecular complexity index is 424. The van der Waals surface area contributed by atoms with Crippen molar-refractivity contribution in [2.75, 3.05) is 13.2 Å². The maximum Gasteiger partial charge on any atom is 0.333 e. The van der Waals surface area contributed by atoms with Gasteiger partial charge in [0.1, 0.15) is 12.4 Å². The fraction of sp³-hybridized carbons (Fsp3) is 0.267. The maximum atomic E-state index is 10.5. The highest BCUT2D eigenvalue weighted by Crippen LogP contribution is 2.15. The molecule has 1 rings (SSSR count). The Morgan fingerprint density at radius 2 is 2.05 bits per heavy atom. The van der Waals surface area contributed by atoms with Crippen molar-refractivity contribution in [2.24, 2.45) is 0 Å². The highest BCUT2D eigenvalue weighted by Gasteiger charge is 1.99. The molecule has 4 heteroatoms. The third kappa shape index (κ3) is 7.78. The molecule has 0 aliphatic rings. The predicted molar refractivity (Wildman–Crippen MR) is 74.9 cm³/mol. The molecule has 0 amide bonds. The van der Waals surface area contributed by atoms with Crippen LogP contribution in [0.2, 0.25) is 0 Å². The van der Waals surface area contributed by atoms with Crippen LogP contribution in [0.5, 0.6) is 5.75 Å². The molecule has 1 aromatic carbocycles. The largest absolute Gasteiger partial charge is 0.508 e. The number of ether oxygens (including phenoxy) is 1. The third-order valence-electron chi connectivity index (χ3n) is 2.03. The van der Waals surface area contributed by atoms with Gasteiger partial charge in [-0.3, -0.25) is 0 Å². The molecule has 0 aliphatic heterocycles. The van der Waals surface area contributed by atoms with Crippen molar-refractivity contribution < 1.29 is 19.7 Å². The highest BCUT2D eigenvalue weighted by molar-refractivity contribution is 5.86. The summed E-state index contributed by atoms with van der Waals surface area (Å²) in [6, 6.07) is 7.27. The molecule has 1 aromatic rings. The third-order valence-corrected chi connectivity index (χ3v) is 2.03. The number of carbonyl (C=O) groups is 1. The van der Waals surface area contributed by atoms with Gasteiger partial charge in [-0.25, -0.2) is 4.79 Å². The van der Waals surface area contributed by atoms with E-state index in [0.717, 1.165) is 12.0 Å². The topological polar surface area (TPSA) is 66.8 Å². The van der Waals surface area contributed by atoms with E-state index in [9.17, 15) is 9.90 Å². The molecule has 0 atom stereocenters. The fourth-order valence-corrected chi connectivity index (χ4v) is 1.10. The second kappa shape index (κ2) is 9.91. The monoisotopic (exact) mass is 264 g/mol. The van der Waals surface area contributed by atoms with Crippen LogP contribution >= 0.6 is 0 Å². The molecule has 0 fully saturated rings. The summed E-state index contributed by atoms with van der Waals surface area (Å²) in [6.45, 7) is 8.40. The van der Waals surface area contributed by atoms with Gasteiger partial charge in [-0.05, 0) is 25.0 Å². The van der Waals surface area contributed by atoms with Gasteiger partial charge in [0.15, 0.2) is 0 Å². The Labute approximate surface area is 113 Å². The number of hydrogen-bond acceptors (Lipinski definition) is 4. The second-order valence-corrected chi connectivity index (χ2v) is 3.76. The first-order chi connectivity index (χ1) is 9.02. The smallest absolute Gasteiger partial charge is 0.333 e. The van der Waals surface area contributed by atoms with Crippen molar-refractivity contribution in [2.45, 2.75) is 13.3 Å². The summed E-state index contributed by atoms with van der Waals surface area (Å²) >= 11 is 0. The number of hydrogen-bond donors (Lipinski definition) is 2. The molecule has 0 unspecified atom stereocenters. The van der Waals surface area contributed by atoms with Crippen LogP contribution in [-0.2, 0) is 16.0 Å². The molecule has 0 saturated carbocycles. The van der Waals surface area contributed by atoms with Crippen LogP contribution in [-0.4, -0.2) is 29.4 Å². The van der Waals surface area contributed by atoms with Gasteiger partial charge in [0, 0.05) is 5.57 Å². The Balaban J connectivity index is 0.000000344. The summed E-state index contributed by atoms with van der Waals surface area (Å²) < 4.78 is 4.46. The van der Waals surface area contributed by atoms with Crippen LogP contribution in [0.4, 0.5) is 0 Å². The van der Waals surface area contributed by atoms with Crippen molar-refractivity contribution in [3.8, 4) is 5.75 Å². The van der Waals surface area contributed by atoms with Gasteiger partial charge in [0.05, 0.1) is 6.61 Å². The molecule has 104 valence electrons. The molecule has 0 radical (unpaired) electrons. The molecule has 0 spiro atoms. The molecule has 0 heterocycles. The van der Waals surface area contributed by atoms with E-state index < -0.39 is 5.97 Å². The average Bonchev–Trinajstić information content (AvgIpc) is 2.39. The number of allylic oxidation sites excluding steroid dienone is 1. The summed E-state index contributed by atoms with van der Waals surface area (Å²) in [6.07, 6.45) is 2.50. The van der Waals surface area contributed by atoms with Crippen molar-refractivity contribution in [3.63, 3.8) is 0 Å². The molecule has 0 aromatic heterocycles. The van der Waals surface area contributed by atoms with Crippen LogP contribution in [0.15, 0.2) is 49.1 Å². The lowest BCUT2D eigenvalue weighted by Crippen LogP contribution is -2.08. The van der Waals surface area contributed by atoms with Crippen LogP contribution in [0.25, 0.3) is 0 Å². The Morgan fingerprint density at radius 1 is 1.42 bits per heavy atom. The molecular formula is C15H20O4. The van der Waals surface area contributed by atoms with Crippen LogP contribution in [0, 0.1) is 0 Å². The first-order valence-electron chi connectivity index (χ1n) is 5.84. The number of phenols is 1. The van der Waals surface area contributed by atoms with Gasteiger partial charge < -0.3 is 14.9 Å². The molecule has 0 bridgehead atoms. The van der Waals surface area contributed by atoms with E-state index in [1.165, 1.54) is 0 Å². The Kier molecular flexibility index (Phi) is 8.83. The number of para-hydroxylation sites is 1. The molecule has 2 N–H and O–H groups in total. The van der Waals surface area contributed by atoms with Crippen molar-refractivity contribution in [1.29, 1.82) is 0 Å². The number of esters is 1. The van der Waals surface area contributed by atoms with Gasteiger partial charge in [-0.15, -0.1) is 6.58 Å². The normalized spacial score (nSPS) is 8.95. The van der Waals surface area contributed by atoms with E-state index in [4.69, 9.17) is 5.11 Å². The van der Waals surface area contributed by atoms with E-state index in [1.807, 2.05) is 18.2 Å². The number of aliphatic hydroxyl groups excluding tert-OH is 1. The minimum atomic E-state index is -0.455. The molecule has 19 heavy (non-hydrogen) atoms. The predicted octanol–water partition coefficient (Wildman–Crippen LogP) is 2.22. The molecule has 4 nitrogen and oxygen atoms in total. The summed E-state index contributed by atoms with van der Waals surface area (Å²) in [5, 5.41) is 17.4. The maximum absolute atomic E-state index is 10.5. The van der Waals surface area contributed by atoms with Crippen LogP contribution < -0.4 is 0 Å². The zero-order valence-corrected chi connectivity index (χ0v) is 11.1. The van der Waals surface area contributed by atoms with Gasteiger partial charge in [0.25, 0.3) is 0 Å². The van der Waals surface area contributed by atoms with Crippen LogP contribution in [0.3, 0.4) is 0 Å². The lowest BCUT2D eigenvalue weighted by molar-refractivity contribution is -0.139. The number of aromatic hydroxyl groups is 1. The van der Waals surface area contributed by atoms with Gasteiger partial charge in [-0.1, -0.05) is 30.9 Å². The van der Waals surface area contributed by atoms with Crippen molar-refractivity contribution >= 4 is 5.97 Å². The minimum absolute atomic E-state index is 0.0473. The zero-order chi connectivity index (χ0) is 14.7. The van der Waals surface area contributed by atoms with Crippen molar-refractivity contribution in [3.05, 3.63) is 54.6 Å². The van der Waals surface area contributed by atoms with E-state index in [0.29, 0.717) is 11.3 Å². The lowest BCUT2D eigenvalue weighted by Gasteiger charge is -1.99. The second-order valence-electron chi connectivity index (χ2n) is 3.76. The van der Waals surface area contributed by atoms with Gasteiger partial charge in [-0.2, -0.15) is 0 Å². The Morgan fingerprint density at radius 3 is 2.53 bits per heavy atom. The number of carbonyl (C=O) groups excluding carboxylic acids is 1. The van der Waals surface area contributed by atoms with E-state index in [1.54, 1.807) is 19.1 Å². The standard InChI is InChI=1S/C9H10O.C6H10O3/c1-2-5-8-6-3-4-7-9(8)10;1-5(2)6(8)9-4-3-7/h2-4,6-7,10H,1,5H2;7H,1,3-4H2,2H3. The number of rotatable bonds is 5. The van der Waals surface area contributed by atoms with Gasteiger partial charge >= 0.3 is 5.97 Å². The zero-order valence-electron chi connectivity index (χ0n) is 11.1. The fourth-order valence-electron chi connectivity index (χ4n) is 1.10. The van der Waals surface area contributed by atoms with E-state index in [-0.39, 0.29) is 13.2 Å². The molecule has 0 saturated heterocycles. The summed E-state index contributed by atoms with van der Waals surface area (Å²) in [5.41, 5.74) is 1.28. The number of phenolic OH excluding ortho intramolecular Hbond substituents is 1. The first kappa shape index (κ1) is 16.9. The molecule has 0 aliphatic carbocycles. The van der Waals surface area contributed by atoms with Crippen molar-refractivity contribution in [1.82, 2.24) is 0 Å². The lowest BCUT2D eigenvalue weighted by atomic mass is 10.1.